The number of carbonyl (C=O) groups is 3. The topological polar surface area (TPSA) is 592 Å². The lowest BCUT2D eigenvalue weighted by atomic mass is 9.93. The second-order valence-electron chi connectivity index (χ2n) is 21.4. The van der Waals surface area contributed by atoms with E-state index in [0.717, 1.165) is 20.8 Å². The lowest BCUT2D eigenvalue weighted by Gasteiger charge is -2.52. The maximum Gasteiger partial charge on any atom is 0.217 e. The molecule has 7 aliphatic heterocycles. The monoisotopic (exact) mass is 1250 g/mol. The fourth-order valence-electron chi connectivity index (χ4n) is 10.8. The number of aliphatic hydroxyl groups excluding tert-OH is 19. The first-order valence-corrected chi connectivity index (χ1v) is 27.0. The molecule has 0 unspecified atom stereocenters. The Kier molecular flexibility index (Phi) is 24.8. The second-order valence-corrected chi connectivity index (χ2v) is 21.4. The third kappa shape index (κ3) is 15.5. The van der Waals surface area contributed by atoms with Gasteiger partial charge in [0.05, 0.1) is 46.2 Å². The van der Waals surface area contributed by atoms with E-state index in [9.17, 15) is 111 Å². The molecule has 0 aliphatic carbocycles. The quantitative estimate of drug-likeness (QED) is 0.0507. The van der Waals surface area contributed by atoms with Gasteiger partial charge >= 0.3 is 0 Å². The summed E-state index contributed by atoms with van der Waals surface area (Å²) < 4.78 is 77.0. The summed E-state index contributed by atoms with van der Waals surface area (Å²) in [5.41, 5.74) is 0. The number of aliphatic hydroxyl groups is 19. The highest BCUT2D eigenvalue weighted by Crippen LogP contribution is 2.39. The molecule has 0 aromatic heterocycles. The van der Waals surface area contributed by atoms with Crippen LogP contribution in [0.3, 0.4) is 0 Å². The zero-order valence-corrected chi connectivity index (χ0v) is 45.6. The van der Waals surface area contributed by atoms with Gasteiger partial charge in [0.15, 0.2) is 44.0 Å². The molecule has 7 saturated heterocycles. The summed E-state index contributed by atoms with van der Waals surface area (Å²) in [6.45, 7) is -3.87. The molecule has 7 fully saturated rings. The third-order valence-corrected chi connectivity index (χ3v) is 15.3. The van der Waals surface area contributed by atoms with Crippen LogP contribution in [0.15, 0.2) is 0 Å². The Morgan fingerprint density at radius 3 is 1.29 bits per heavy atom. The average Bonchev–Trinajstić information content (AvgIpc) is 2.21. The Morgan fingerprint density at radius 1 is 0.353 bits per heavy atom. The second kappa shape index (κ2) is 30.3. The first-order chi connectivity index (χ1) is 40.2. The van der Waals surface area contributed by atoms with Crippen molar-refractivity contribution in [3.8, 4) is 0 Å². The number of hydrogen-bond donors (Lipinski definition) is 22. The van der Waals surface area contributed by atoms with E-state index in [0.29, 0.717) is 0 Å². The summed E-state index contributed by atoms with van der Waals surface area (Å²) in [6, 6.07) is -5.21. The molecule has 0 spiro atoms. The van der Waals surface area contributed by atoms with Crippen molar-refractivity contribution < 1.29 is 173 Å². The smallest absolute Gasteiger partial charge is 0.217 e. The summed E-state index contributed by atoms with van der Waals surface area (Å²) in [5, 5.41) is 214. The first-order valence-electron chi connectivity index (χ1n) is 27.0. The average molecular weight is 1250 g/mol. The number of nitrogens with one attached hydrogen (secondary N) is 3. The van der Waals surface area contributed by atoms with Crippen LogP contribution < -0.4 is 16.0 Å². The van der Waals surface area contributed by atoms with Crippen molar-refractivity contribution in [2.75, 3.05) is 46.2 Å². The predicted molar refractivity (Wildman–Crippen MR) is 261 cm³/mol. The molecule has 7 rings (SSSR count). The molecule has 85 heavy (non-hydrogen) atoms. The van der Waals surface area contributed by atoms with Gasteiger partial charge in [0.1, 0.15) is 165 Å². The molecule has 0 aromatic carbocycles. The SMILES string of the molecule is CC(=O)N[C@H]1[C@H](O[C@H]2[C@H](O)[C@H](NC(C)=O)[C@H](O)O[C@@H]2CO)O[C@H](CO)[C@@H](O[C@@H]2O[C@H](CO[C@H]3O[C@H](CO)[C@@H](O)[C@H](O)[C@@H]3O)[C@@H](O)[C@H](O[C@H]3O[C@H](CO)[C@@H](O)[C@H](O)[C@@H]3O[C@@H]3O[C@H](CO)[C@@H](O)[C@H](O)[C@H]3NC(C)=O)[C@@H]2O[C@@H]2OC[C@@H](O)[C@H](O)[C@H]2O)[C@@H]1O. The minimum absolute atomic E-state index is 0.752. The fraction of sp³-hybridized carbons (Fsp3) is 0.936. The van der Waals surface area contributed by atoms with Gasteiger partial charge in [0.2, 0.25) is 17.7 Å². The van der Waals surface area contributed by atoms with E-state index in [4.69, 9.17) is 61.6 Å². The molecular weight excluding hydrogens is 1170 g/mol. The molecule has 34 atom stereocenters. The van der Waals surface area contributed by atoms with Crippen LogP contribution in [-0.4, -0.2) is 370 Å². The largest absolute Gasteiger partial charge is 0.394 e. The van der Waals surface area contributed by atoms with Crippen LogP contribution in [0.25, 0.3) is 0 Å². The zero-order valence-electron chi connectivity index (χ0n) is 45.6. The van der Waals surface area contributed by atoms with Crippen LogP contribution in [0.2, 0.25) is 0 Å². The zero-order chi connectivity index (χ0) is 62.6. The van der Waals surface area contributed by atoms with E-state index >= 15 is 0 Å². The molecular formula is C47H79N3O35. The lowest BCUT2D eigenvalue weighted by Crippen LogP contribution is -2.71. The molecule has 0 bridgehead atoms. The molecule has 0 aromatic rings. The van der Waals surface area contributed by atoms with Gasteiger partial charge in [0.25, 0.3) is 0 Å². The molecule has 0 radical (unpaired) electrons. The summed E-state index contributed by atoms with van der Waals surface area (Å²) in [5.74, 6) is -2.49. The van der Waals surface area contributed by atoms with Gasteiger partial charge in [-0.25, -0.2) is 0 Å². The maximum atomic E-state index is 12.9. The Balaban J connectivity index is 1.30. The van der Waals surface area contributed by atoms with Gasteiger partial charge in [-0.2, -0.15) is 0 Å². The molecule has 22 N–H and O–H groups in total. The molecule has 7 aliphatic rings. The van der Waals surface area contributed by atoms with E-state index < -0.39 is 273 Å². The van der Waals surface area contributed by atoms with Crippen LogP contribution in [0, 0.1) is 0 Å². The number of ether oxygens (including phenoxy) is 13. The number of rotatable bonds is 21. The Labute approximate surface area is 481 Å². The standard InChI is InChI=1S/C47H79N3O35/c1-11(56)48-21-30(66)36(18(7-54)75-41(21)72)81-43-23(50-13(3)58)31(67)37(19(8-55)79-43)82-47-40(85-45-34(70)24(60)14(59)9-73-45)38(28(64)20(80-47)10-74-44-35(71)32(68)26(62)16(5-52)77-44)83-46-39(33(69)27(63)17(6-53)78-46)84-42-22(49-12(2)57)29(65)25(61)15(4-51)76-42/h14-47,51-55,59-72H,4-10H2,1-3H3,(H,48,56)(H,49,57)(H,50,58)/t14-,15-,16-,17-,18-,19-,20-,21+,22-,23-,24+,25-,26-,27-,28-,29-,30-,31-,32+,33+,34-,35+,36-,37-,38+,39+,40+,41-,42+,43+,44+,45+,46-,47+/m1/s1. The van der Waals surface area contributed by atoms with Crippen LogP contribution >= 0.6 is 0 Å². The number of amides is 3. The Bertz CT molecular complexity index is 2130. The number of carbonyl (C=O) groups excluding carboxylic acids is 3. The molecule has 492 valence electrons. The van der Waals surface area contributed by atoms with Crippen LogP contribution in [0.5, 0.6) is 0 Å². The predicted octanol–water partition coefficient (Wildman–Crippen LogP) is -15.2. The van der Waals surface area contributed by atoms with Crippen molar-refractivity contribution >= 4 is 17.7 Å². The van der Waals surface area contributed by atoms with E-state index in [1.54, 1.807) is 0 Å². The molecule has 38 heteroatoms. The van der Waals surface area contributed by atoms with Crippen molar-refractivity contribution in [3.63, 3.8) is 0 Å². The summed E-state index contributed by atoms with van der Waals surface area (Å²) in [7, 11) is 0. The van der Waals surface area contributed by atoms with Crippen molar-refractivity contribution in [1.82, 2.24) is 16.0 Å². The first kappa shape index (κ1) is 69.6. The minimum Gasteiger partial charge on any atom is -0.394 e. The van der Waals surface area contributed by atoms with Crippen molar-refractivity contribution in [3.05, 3.63) is 0 Å². The van der Waals surface area contributed by atoms with Crippen LogP contribution in [0.4, 0.5) is 0 Å². The lowest BCUT2D eigenvalue weighted by molar-refractivity contribution is -0.410. The normalized spacial score (nSPS) is 48.9. The summed E-state index contributed by atoms with van der Waals surface area (Å²) >= 11 is 0. The van der Waals surface area contributed by atoms with Crippen LogP contribution in [0.1, 0.15) is 20.8 Å². The van der Waals surface area contributed by atoms with Crippen molar-refractivity contribution in [2.24, 2.45) is 0 Å². The van der Waals surface area contributed by atoms with Gasteiger partial charge in [-0.3, -0.25) is 14.4 Å². The minimum atomic E-state index is -2.34. The van der Waals surface area contributed by atoms with Crippen LogP contribution in [-0.2, 0) is 76.0 Å². The molecule has 7 heterocycles. The highest BCUT2D eigenvalue weighted by atomic mass is 16.8. The highest BCUT2D eigenvalue weighted by molar-refractivity contribution is 5.74. The fourth-order valence-corrected chi connectivity index (χ4v) is 10.8. The van der Waals surface area contributed by atoms with Gasteiger partial charge in [-0.15, -0.1) is 0 Å². The van der Waals surface area contributed by atoms with E-state index in [2.05, 4.69) is 16.0 Å². The third-order valence-electron chi connectivity index (χ3n) is 15.3. The van der Waals surface area contributed by atoms with Gasteiger partial charge in [-0.1, -0.05) is 0 Å². The maximum absolute atomic E-state index is 12.9. The summed E-state index contributed by atoms with van der Waals surface area (Å²) in [4.78, 5) is 37.3. The number of hydrogen-bond acceptors (Lipinski definition) is 35. The van der Waals surface area contributed by atoms with Crippen molar-refractivity contribution in [1.29, 1.82) is 0 Å². The summed E-state index contributed by atoms with van der Waals surface area (Å²) in [6.07, 6.45) is -62.3. The Hall–Kier alpha value is -2.87. The van der Waals surface area contributed by atoms with Gasteiger partial charge < -0.3 is 175 Å². The van der Waals surface area contributed by atoms with Gasteiger partial charge in [-0.05, 0) is 0 Å². The van der Waals surface area contributed by atoms with Gasteiger partial charge in [0, 0.05) is 20.8 Å². The molecule has 0 saturated carbocycles. The molecule has 3 amide bonds. The van der Waals surface area contributed by atoms with E-state index in [1.807, 2.05) is 0 Å². The highest BCUT2D eigenvalue weighted by Gasteiger charge is 2.59. The Morgan fingerprint density at radius 2 is 0.741 bits per heavy atom. The van der Waals surface area contributed by atoms with E-state index in [-0.39, 0.29) is 0 Å². The van der Waals surface area contributed by atoms with E-state index in [1.165, 1.54) is 0 Å². The van der Waals surface area contributed by atoms with Crippen molar-refractivity contribution in [2.45, 2.75) is 229 Å². The molecule has 38 nitrogen and oxygen atoms in total.